The molecule has 0 aromatic heterocycles. The second kappa shape index (κ2) is 9.36. The van der Waals surface area contributed by atoms with Crippen molar-refractivity contribution in [2.24, 2.45) is 5.92 Å². The summed E-state index contributed by atoms with van der Waals surface area (Å²) >= 11 is 0. The lowest BCUT2D eigenvalue weighted by molar-refractivity contribution is -0.0104. The van der Waals surface area contributed by atoms with E-state index in [-0.39, 0.29) is 12.2 Å². The summed E-state index contributed by atoms with van der Waals surface area (Å²) in [5.74, 6) is 0.741. The van der Waals surface area contributed by atoms with Gasteiger partial charge in [-0.1, -0.05) is 13.8 Å². The van der Waals surface area contributed by atoms with Gasteiger partial charge in [0.15, 0.2) is 0 Å². The zero-order valence-electron chi connectivity index (χ0n) is 15.0. The van der Waals surface area contributed by atoms with E-state index in [1.165, 1.54) is 6.42 Å². The van der Waals surface area contributed by atoms with Crippen molar-refractivity contribution in [3.05, 3.63) is 0 Å². The van der Waals surface area contributed by atoms with Crippen molar-refractivity contribution in [2.75, 3.05) is 32.8 Å². The Labute approximate surface area is 135 Å². The third-order valence-electron chi connectivity index (χ3n) is 3.62. The second-order valence-electron chi connectivity index (χ2n) is 7.47. The maximum atomic E-state index is 12.0. The third kappa shape index (κ3) is 8.59. The number of ether oxygens (including phenoxy) is 2. The number of carbonyl (C=O) groups is 1. The number of hydrogen-bond acceptors (Lipinski definition) is 4. The van der Waals surface area contributed by atoms with Crippen LogP contribution >= 0.6 is 0 Å². The molecule has 5 heteroatoms. The minimum absolute atomic E-state index is 0.207. The van der Waals surface area contributed by atoms with Crippen molar-refractivity contribution in [1.82, 2.24) is 10.2 Å². The predicted molar refractivity (Wildman–Crippen MR) is 89.1 cm³/mol. The molecule has 1 N–H and O–H groups in total. The van der Waals surface area contributed by atoms with E-state index in [0.717, 1.165) is 51.5 Å². The van der Waals surface area contributed by atoms with Crippen LogP contribution in [-0.4, -0.2) is 55.5 Å². The summed E-state index contributed by atoms with van der Waals surface area (Å²) < 4.78 is 11.3. The van der Waals surface area contributed by atoms with Gasteiger partial charge in [0.05, 0.1) is 12.7 Å². The van der Waals surface area contributed by atoms with E-state index < -0.39 is 5.60 Å². The first-order valence-corrected chi connectivity index (χ1v) is 8.58. The molecule has 1 rings (SSSR count). The van der Waals surface area contributed by atoms with Crippen LogP contribution in [0.15, 0.2) is 0 Å². The summed E-state index contributed by atoms with van der Waals surface area (Å²) in [7, 11) is 0. The van der Waals surface area contributed by atoms with Crippen LogP contribution in [-0.2, 0) is 9.47 Å². The van der Waals surface area contributed by atoms with Gasteiger partial charge in [-0.15, -0.1) is 0 Å². The van der Waals surface area contributed by atoms with Gasteiger partial charge in [0.1, 0.15) is 5.60 Å². The minimum atomic E-state index is -0.425. The Kier molecular flexibility index (Phi) is 8.18. The SMILES string of the molecule is CC(C)CCNCCOC1CCN(C(=O)OC(C)(C)C)CC1. The van der Waals surface area contributed by atoms with Gasteiger partial charge in [-0.2, -0.15) is 0 Å². The van der Waals surface area contributed by atoms with Gasteiger partial charge in [-0.3, -0.25) is 0 Å². The van der Waals surface area contributed by atoms with Crippen LogP contribution in [0.25, 0.3) is 0 Å². The Morgan fingerprint density at radius 2 is 1.86 bits per heavy atom. The molecule has 0 aromatic rings. The van der Waals surface area contributed by atoms with Gasteiger partial charge < -0.3 is 19.7 Å². The van der Waals surface area contributed by atoms with E-state index >= 15 is 0 Å². The summed E-state index contributed by atoms with van der Waals surface area (Å²) in [6.07, 6.45) is 3.05. The zero-order chi connectivity index (χ0) is 16.6. The van der Waals surface area contributed by atoms with Crippen LogP contribution in [0.5, 0.6) is 0 Å². The molecular formula is C17H34N2O3. The summed E-state index contributed by atoms with van der Waals surface area (Å²) in [5, 5.41) is 3.40. The van der Waals surface area contributed by atoms with Gasteiger partial charge in [-0.25, -0.2) is 4.79 Å². The molecule has 22 heavy (non-hydrogen) atoms. The number of rotatable bonds is 7. The Hall–Kier alpha value is -0.810. The molecule has 0 aliphatic carbocycles. The van der Waals surface area contributed by atoms with Gasteiger partial charge in [0, 0.05) is 19.6 Å². The number of piperidine rings is 1. The van der Waals surface area contributed by atoms with Crippen molar-refractivity contribution in [2.45, 2.75) is 65.6 Å². The molecule has 1 amide bonds. The molecule has 0 bridgehead atoms. The normalized spacial score (nSPS) is 17.1. The van der Waals surface area contributed by atoms with E-state index in [0.29, 0.717) is 0 Å². The highest BCUT2D eigenvalue weighted by Gasteiger charge is 2.26. The quantitative estimate of drug-likeness (QED) is 0.734. The van der Waals surface area contributed by atoms with Crippen molar-refractivity contribution in [1.29, 1.82) is 0 Å². The van der Waals surface area contributed by atoms with Crippen LogP contribution in [0, 0.1) is 5.92 Å². The summed E-state index contributed by atoms with van der Waals surface area (Å²) in [5.41, 5.74) is -0.425. The molecule has 0 atom stereocenters. The molecule has 0 spiro atoms. The average molecular weight is 314 g/mol. The van der Waals surface area contributed by atoms with Crippen LogP contribution in [0.2, 0.25) is 0 Å². The van der Waals surface area contributed by atoms with E-state index in [2.05, 4.69) is 19.2 Å². The fourth-order valence-corrected chi connectivity index (χ4v) is 2.35. The summed E-state index contributed by atoms with van der Waals surface area (Å²) in [6.45, 7) is 14.3. The third-order valence-corrected chi connectivity index (χ3v) is 3.62. The molecule has 0 aromatic carbocycles. The van der Waals surface area contributed by atoms with Gasteiger partial charge in [-0.05, 0) is 52.5 Å². The highest BCUT2D eigenvalue weighted by molar-refractivity contribution is 5.68. The highest BCUT2D eigenvalue weighted by atomic mass is 16.6. The van der Waals surface area contributed by atoms with E-state index in [1.54, 1.807) is 4.90 Å². The monoisotopic (exact) mass is 314 g/mol. The molecule has 1 fully saturated rings. The van der Waals surface area contributed by atoms with Crippen LogP contribution in [0.1, 0.15) is 53.9 Å². The second-order valence-corrected chi connectivity index (χ2v) is 7.47. The standard InChI is InChI=1S/C17H34N2O3/c1-14(2)6-9-18-10-13-21-15-7-11-19(12-8-15)16(20)22-17(3,4)5/h14-15,18H,6-13H2,1-5H3. The Morgan fingerprint density at radius 1 is 1.23 bits per heavy atom. The number of hydrogen-bond donors (Lipinski definition) is 1. The van der Waals surface area contributed by atoms with Gasteiger partial charge in [0.25, 0.3) is 0 Å². The summed E-state index contributed by atoms with van der Waals surface area (Å²) in [6, 6.07) is 0. The Balaban J connectivity index is 2.09. The highest BCUT2D eigenvalue weighted by Crippen LogP contribution is 2.17. The van der Waals surface area contributed by atoms with Crippen molar-refractivity contribution < 1.29 is 14.3 Å². The maximum Gasteiger partial charge on any atom is 0.410 e. The minimum Gasteiger partial charge on any atom is -0.444 e. The first-order valence-electron chi connectivity index (χ1n) is 8.58. The Morgan fingerprint density at radius 3 is 2.41 bits per heavy atom. The molecule has 5 nitrogen and oxygen atoms in total. The molecular weight excluding hydrogens is 280 g/mol. The molecule has 0 saturated carbocycles. The lowest BCUT2D eigenvalue weighted by Crippen LogP contribution is -2.43. The average Bonchev–Trinajstić information content (AvgIpc) is 2.41. The number of likely N-dealkylation sites (tertiary alicyclic amines) is 1. The predicted octanol–water partition coefficient (Wildman–Crippen LogP) is 3.04. The van der Waals surface area contributed by atoms with E-state index in [1.807, 2.05) is 20.8 Å². The van der Waals surface area contributed by atoms with E-state index in [9.17, 15) is 4.79 Å². The van der Waals surface area contributed by atoms with Crippen molar-refractivity contribution in [3.8, 4) is 0 Å². The Bertz CT molecular complexity index is 318. The smallest absolute Gasteiger partial charge is 0.410 e. The van der Waals surface area contributed by atoms with Crippen LogP contribution in [0.4, 0.5) is 4.79 Å². The van der Waals surface area contributed by atoms with Crippen LogP contribution < -0.4 is 5.32 Å². The van der Waals surface area contributed by atoms with Gasteiger partial charge in [0.2, 0.25) is 0 Å². The first-order chi connectivity index (χ1) is 10.3. The van der Waals surface area contributed by atoms with E-state index in [4.69, 9.17) is 9.47 Å². The first kappa shape index (κ1) is 19.2. The number of nitrogens with zero attached hydrogens (tertiary/aromatic N) is 1. The molecule has 0 unspecified atom stereocenters. The van der Waals surface area contributed by atoms with Gasteiger partial charge >= 0.3 is 6.09 Å². The largest absolute Gasteiger partial charge is 0.444 e. The number of amides is 1. The number of nitrogens with one attached hydrogen (secondary N) is 1. The lowest BCUT2D eigenvalue weighted by Gasteiger charge is -2.33. The fraction of sp³-hybridized carbons (Fsp3) is 0.941. The molecule has 0 radical (unpaired) electrons. The topological polar surface area (TPSA) is 50.8 Å². The van der Waals surface area contributed by atoms with Crippen molar-refractivity contribution >= 4 is 6.09 Å². The zero-order valence-corrected chi connectivity index (χ0v) is 15.0. The lowest BCUT2D eigenvalue weighted by atomic mass is 10.1. The van der Waals surface area contributed by atoms with Crippen molar-refractivity contribution in [3.63, 3.8) is 0 Å². The summed E-state index contributed by atoms with van der Waals surface area (Å²) in [4.78, 5) is 13.7. The molecule has 130 valence electrons. The molecule has 1 aliphatic heterocycles. The maximum absolute atomic E-state index is 12.0. The number of carbonyl (C=O) groups excluding carboxylic acids is 1. The fourth-order valence-electron chi connectivity index (χ4n) is 2.35. The van der Waals surface area contributed by atoms with Crippen LogP contribution in [0.3, 0.4) is 0 Å². The molecule has 1 aliphatic rings. The molecule has 1 saturated heterocycles. The molecule has 1 heterocycles.